The zero-order valence-corrected chi connectivity index (χ0v) is 11.6. The van der Waals surface area contributed by atoms with Gasteiger partial charge in [-0.05, 0) is 32.2 Å². The Labute approximate surface area is 110 Å². The molecule has 1 aliphatic heterocycles. The normalized spacial score (nSPS) is 20.6. The fourth-order valence-electron chi connectivity index (χ4n) is 2.82. The van der Waals surface area contributed by atoms with E-state index in [1.807, 2.05) is 31.2 Å². The molecular weight excluding hydrogens is 222 g/mol. The molecule has 0 N–H and O–H groups in total. The zero-order valence-electron chi connectivity index (χ0n) is 11.6. The average molecular weight is 245 g/mol. The highest BCUT2D eigenvalue weighted by Crippen LogP contribution is 2.23. The van der Waals surface area contributed by atoms with E-state index in [1.54, 1.807) is 0 Å². The van der Waals surface area contributed by atoms with Gasteiger partial charge in [0.2, 0.25) is 0 Å². The van der Waals surface area contributed by atoms with Crippen LogP contribution in [0, 0.1) is 12.8 Å². The van der Waals surface area contributed by atoms with E-state index in [9.17, 15) is 4.79 Å². The number of hydrogen-bond acceptors (Lipinski definition) is 2. The minimum Gasteiger partial charge on any atom is -0.293 e. The molecule has 0 spiro atoms. The van der Waals surface area contributed by atoms with Crippen LogP contribution in [0.5, 0.6) is 0 Å². The van der Waals surface area contributed by atoms with E-state index in [4.69, 9.17) is 0 Å². The summed E-state index contributed by atoms with van der Waals surface area (Å²) in [6.45, 7) is 8.19. The van der Waals surface area contributed by atoms with Gasteiger partial charge in [0.25, 0.3) is 0 Å². The van der Waals surface area contributed by atoms with E-state index in [-0.39, 0.29) is 5.78 Å². The lowest BCUT2D eigenvalue weighted by Gasteiger charge is -2.26. The number of hydrogen-bond donors (Lipinski definition) is 0. The van der Waals surface area contributed by atoms with Gasteiger partial charge in [-0.15, -0.1) is 0 Å². The van der Waals surface area contributed by atoms with Crippen LogP contribution in [0.1, 0.15) is 42.6 Å². The van der Waals surface area contributed by atoms with Crippen LogP contribution in [0.15, 0.2) is 24.3 Å². The van der Waals surface area contributed by atoms with Crippen molar-refractivity contribution in [2.75, 3.05) is 13.1 Å². The number of likely N-dealkylation sites (tertiary alicyclic amines) is 1. The molecule has 1 unspecified atom stereocenters. The summed E-state index contributed by atoms with van der Waals surface area (Å²) in [6, 6.07) is 8.49. The summed E-state index contributed by atoms with van der Waals surface area (Å²) < 4.78 is 0. The molecule has 1 heterocycles. The minimum absolute atomic E-state index is 0.252. The third-order valence-electron chi connectivity index (χ3n) is 3.90. The van der Waals surface area contributed by atoms with Gasteiger partial charge in [-0.1, -0.05) is 43.7 Å². The number of aryl methyl sites for hydroxylation is 1. The van der Waals surface area contributed by atoms with Gasteiger partial charge in [-0.2, -0.15) is 0 Å². The third-order valence-corrected chi connectivity index (χ3v) is 3.90. The molecule has 1 aromatic carbocycles. The van der Waals surface area contributed by atoms with Gasteiger partial charge < -0.3 is 0 Å². The number of carbonyl (C=O) groups is 1. The average Bonchev–Trinajstić information content (AvgIpc) is 2.78. The summed E-state index contributed by atoms with van der Waals surface area (Å²) in [5.41, 5.74) is 2.04. The maximum absolute atomic E-state index is 12.2. The summed E-state index contributed by atoms with van der Waals surface area (Å²) in [6.07, 6.45) is 2.46. The fraction of sp³-hybridized carbons (Fsp3) is 0.562. The Hall–Kier alpha value is -1.15. The Morgan fingerprint density at radius 1 is 1.33 bits per heavy atom. The number of rotatable bonds is 4. The molecule has 0 amide bonds. The molecule has 2 heteroatoms. The molecular formula is C16H23NO. The first-order chi connectivity index (χ1) is 8.58. The third kappa shape index (κ3) is 2.99. The second-order valence-corrected chi connectivity index (χ2v) is 5.71. The van der Waals surface area contributed by atoms with E-state index in [0.29, 0.717) is 18.5 Å². The predicted octanol–water partition coefficient (Wildman–Crippen LogP) is 3.30. The fourth-order valence-corrected chi connectivity index (χ4v) is 2.82. The summed E-state index contributed by atoms with van der Waals surface area (Å²) in [5.74, 6) is 0.890. The van der Waals surface area contributed by atoms with Crippen molar-refractivity contribution in [1.82, 2.24) is 4.90 Å². The van der Waals surface area contributed by atoms with Crippen LogP contribution in [-0.2, 0) is 0 Å². The van der Waals surface area contributed by atoms with E-state index < -0.39 is 0 Å². The molecule has 1 aromatic rings. The van der Waals surface area contributed by atoms with Crippen LogP contribution in [0.2, 0.25) is 0 Å². The lowest BCUT2D eigenvalue weighted by atomic mass is 10.0. The van der Waals surface area contributed by atoms with Crippen LogP contribution in [0.4, 0.5) is 0 Å². The molecule has 0 aliphatic carbocycles. The van der Waals surface area contributed by atoms with Gasteiger partial charge in [0, 0.05) is 11.6 Å². The van der Waals surface area contributed by atoms with E-state index in [0.717, 1.165) is 12.1 Å². The van der Waals surface area contributed by atoms with Gasteiger partial charge in [0.05, 0.1) is 6.54 Å². The SMILES string of the molecule is Cc1ccc(C(=O)CN2CCCC2C(C)C)cc1. The first kappa shape index (κ1) is 13.3. The van der Waals surface area contributed by atoms with Crippen molar-refractivity contribution in [2.45, 2.75) is 39.7 Å². The largest absolute Gasteiger partial charge is 0.293 e. The highest BCUT2D eigenvalue weighted by Gasteiger charge is 2.28. The van der Waals surface area contributed by atoms with Crippen LogP contribution in [-0.4, -0.2) is 29.8 Å². The molecule has 0 aromatic heterocycles. The Balaban J connectivity index is 2.01. The van der Waals surface area contributed by atoms with Crippen LogP contribution >= 0.6 is 0 Å². The zero-order chi connectivity index (χ0) is 13.1. The van der Waals surface area contributed by atoms with Crippen LogP contribution in [0.25, 0.3) is 0 Å². The maximum Gasteiger partial charge on any atom is 0.176 e. The molecule has 0 saturated carbocycles. The number of nitrogens with zero attached hydrogens (tertiary/aromatic N) is 1. The highest BCUT2D eigenvalue weighted by molar-refractivity contribution is 5.97. The second-order valence-electron chi connectivity index (χ2n) is 5.71. The van der Waals surface area contributed by atoms with Crippen molar-refractivity contribution >= 4 is 5.78 Å². The summed E-state index contributed by atoms with van der Waals surface area (Å²) in [7, 11) is 0. The predicted molar refractivity (Wildman–Crippen MR) is 74.9 cm³/mol. The number of carbonyl (C=O) groups excluding carboxylic acids is 1. The molecule has 0 radical (unpaired) electrons. The minimum atomic E-state index is 0.252. The Morgan fingerprint density at radius 3 is 2.61 bits per heavy atom. The quantitative estimate of drug-likeness (QED) is 0.759. The van der Waals surface area contributed by atoms with Gasteiger partial charge in [0.1, 0.15) is 0 Å². The van der Waals surface area contributed by atoms with Crippen molar-refractivity contribution < 1.29 is 4.79 Å². The van der Waals surface area contributed by atoms with Crippen LogP contribution < -0.4 is 0 Å². The highest BCUT2D eigenvalue weighted by atomic mass is 16.1. The number of benzene rings is 1. The maximum atomic E-state index is 12.2. The molecule has 0 bridgehead atoms. The molecule has 2 rings (SSSR count). The van der Waals surface area contributed by atoms with E-state index >= 15 is 0 Å². The Kier molecular flexibility index (Phi) is 4.18. The first-order valence-electron chi connectivity index (χ1n) is 6.92. The summed E-state index contributed by atoms with van der Waals surface area (Å²) in [5, 5.41) is 0. The first-order valence-corrected chi connectivity index (χ1v) is 6.92. The summed E-state index contributed by atoms with van der Waals surface area (Å²) in [4.78, 5) is 14.6. The lowest BCUT2D eigenvalue weighted by Crippen LogP contribution is -2.37. The molecule has 1 fully saturated rings. The van der Waals surface area contributed by atoms with Crippen molar-refractivity contribution in [3.63, 3.8) is 0 Å². The van der Waals surface area contributed by atoms with Crippen molar-refractivity contribution in [1.29, 1.82) is 0 Å². The van der Waals surface area contributed by atoms with Crippen molar-refractivity contribution in [3.05, 3.63) is 35.4 Å². The smallest absolute Gasteiger partial charge is 0.176 e. The molecule has 1 aliphatic rings. The molecule has 18 heavy (non-hydrogen) atoms. The molecule has 2 nitrogen and oxygen atoms in total. The second kappa shape index (κ2) is 5.66. The summed E-state index contributed by atoms with van der Waals surface area (Å²) >= 11 is 0. The molecule has 1 saturated heterocycles. The van der Waals surface area contributed by atoms with Crippen molar-refractivity contribution in [3.8, 4) is 0 Å². The topological polar surface area (TPSA) is 20.3 Å². The van der Waals surface area contributed by atoms with Crippen molar-refractivity contribution in [2.24, 2.45) is 5.92 Å². The van der Waals surface area contributed by atoms with Gasteiger partial charge in [-0.3, -0.25) is 9.69 Å². The lowest BCUT2D eigenvalue weighted by molar-refractivity contribution is 0.0904. The number of Topliss-reactive ketones (excluding diaryl/α,β-unsaturated/α-hetero) is 1. The van der Waals surface area contributed by atoms with E-state index in [2.05, 4.69) is 18.7 Å². The number of ketones is 1. The van der Waals surface area contributed by atoms with Gasteiger partial charge in [0.15, 0.2) is 5.78 Å². The Bertz CT molecular complexity index is 408. The molecule has 1 atom stereocenters. The molecule has 98 valence electrons. The Morgan fingerprint density at radius 2 is 2.00 bits per heavy atom. The standard InChI is InChI=1S/C16H23NO/c1-12(2)15-5-4-10-17(15)11-16(18)14-8-6-13(3)7-9-14/h6-9,12,15H,4-5,10-11H2,1-3H3. The monoisotopic (exact) mass is 245 g/mol. The van der Waals surface area contributed by atoms with Gasteiger partial charge in [-0.25, -0.2) is 0 Å². The van der Waals surface area contributed by atoms with E-state index in [1.165, 1.54) is 18.4 Å². The van der Waals surface area contributed by atoms with Crippen LogP contribution in [0.3, 0.4) is 0 Å². The van der Waals surface area contributed by atoms with Gasteiger partial charge >= 0.3 is 0 Å².